The fourth-order valence-electron chi connectivity index (χ4n) is 3.17. The summed E-state index contributed by atoms with van der Waals surface area (Å²) >= 11 is 0. The van der Waals surface area contributed by atoms with Crippen molar-refractivity contribution in [1.29, 1.82) is 5.26 Å². The molecule has 4 rings (SSSR count). The molecule has 2 heterocycles. The highest BCUT2D eigenvalue weighted by Crippen LogP contribution is 2.26. The molecule has 0 radical (unpaired) electrons. The van der Waals surface area contributed by atoms with Gasteiger partial charge in [0.2, 0.25) is 11.9 Å². The lowest BCUT2D eigenvalue weighted by Crippen LogP contribution is -2.06. The van der Waals surface area contributed by atoms with Crippen LogP contribution >= 0.6 is 0 Å². The number of nitrogens with one attached hydrogen (secondary N) is 2. The lowest BCUT2D eigenvalue weighted by molar-refractivity contribution is 1.04. The van der Waals surface area contributed by atoms with Gasteiger partial charge in [0, 0.05) is 28.4 Å². The number of anilines is 3. The molecule has 0 unspecified atom stereocenters. The molecule has 0 bridgehead atoms. The number of hydrogen-bond donors (Lipinski definition) is 3. The van der Waals surface area contributed by atoms with E-state index in [1.54, 1.807) is 6.08 Å². The molecular weight excluding hydrogens is 362 g/mol. The lowest BCUT2D eigenvalue weighted by Gasteiger charge is -2.06. The number of nitrogen functional groups attached to an aromatic ring is 1. The van der Waals surface area contributed by atoms with Crippen LogP contribution in [0.3, 0.4) is 0 Å². The Kier molecular flexibility index (Phi) is 4.91. The molecule has 0 aliphatic rings. The predicted molar refractivity (Wildman–Crippen MR) is 115 cm³/mol. The molecule has 0 aliphatic heterocycles. The van der Waals surface area contributed by atoms with E-state index < -0.39 is 0 Å². The number of allylic oxidation sites excluding steroid dienone is 1. The average Bonchev–Trinajstić information content (AvgIpc) is 3.15. The van der Waals surface area contributed by atoms with Crippen LogP contribution in [0.15, 0.2) is 54.7 Å². The third kappa shape index (κ3) is 3.77. The molecular formula is C22H19N7. The summed E-state index contributed by atoms with van der Waals surface area (Å²) < 4.78 is 0. The minimum Gasteiger partial charge on any atom is -0.368 e. The number of aromatic amines is 1. The third-order valence-corrected chi connectivity index (χ3v) is 4.56. The highest BCUT2D eigenvalue weighted by atomic mass is 15.2. The molecule has 4 aromatic rings. The number of H-pyrrole nitrogens is 1. The van der Waals surface area contributed by atoms with Gasteiger partial charge in [-0.15, -0.1) is 0 Å². The maximum atomic E-state index is 9.73. The van der Waals surface area contributed by atoms with Crippen molar-refractivity contribution in [3.63, 3.8) is 0 Å². The summed E-state index contributed by atoms with van der Waals surface area (Å²) in [5.41, 5.74) is 10.2. The zero-order valence-corrected chi connectivity index (χ0v) is 15.8. The zero-order chi connectivity index (χ0) is 20.2. The maximum Gasteiger partial charge on any atom is 0.232 e. The Labute approximate surface area is 168 Å². The smallest absolute Gasteiger partial charge is 0.232 e. The monoisotopic (exact) mass is 381 g/mol. The second-order valence-electron chi connectivity index (χ2n) is 6.44. The molecule has 0 fully saturated rings. The van der Waals surface area contributed by atoms with Gasteiger partial charge in [0.25, 0.3) is 0 Å². The minimum absolute atomic E-state index is 0.0433. The van der Waals surface area contributed by atoms with E-state index in [1.807, 2.05) is 48.7 Å². The Morgan fingerprint density at radius 3 is 2.72 bits per heavy atom. The summed E-state index contributed by atoms with van der Waals surface area (Å²) in [4.78, 5) is 16.0. The summed E-state index contributed by atoms with van der Waals surface area (Å²) in [6.07, 6.45) is 4.57. The molecule has 0 saturated heterocycles. The average molecular weight is 381 g/mol. The summed E-state index contributed by atoms with van der Waals surface area (Å²) in [5, 5.41) is 13.9. The molecule has 0 aliphatic carbocycles. The number of nitrogens with zero attached hydrogens (tertiary/aromatic N) is 4. The normalized spacial score (nSPS) is 11.4. The maximum absolute atomic E-state index is 9.73. The van der Waals surface area contributed by atoms with E-state index in [1.165, 1.54) is 5.56 Å². The first-order valence-corrected chi connectivity index (χ1v) is 9.22. The number of nitrogens with two attached hydrogens (primary N) is 1. The number of nitriles is 1. The molecule has 0 spiro atoms. The number of benzene rings is 2. The highest BCUT2D eigenvalue weighted by Gasteiger charge is 2.12. The van der Waals surface area contributed by atoms with Crippen LogP contribution in [-0.4, -0.2) is 19.9 Å². The van der Waals surface area contributed by atoms with Crippen molar-refractivity contribution in [1.82, 2.24) is 19.9 Å². The molecule has 0 atom stereocenters. The van der Waals surface area contributed by atoms with Gasteiger partial charge in [-0.2, -0.15) is 20.2 Å². The van der Waals surface area contributed by atoms with Crippen molar-refractivity contribution >= 4 is 40.1 Å². The number of fused-ring (bicyclic) bond motifs is 1. The van der Waals surface area contributed by atoms with Gasteiger partial charge in [0.1, 0.15) is 6.07 Å². The number of aromatic nitrogens is 4. The summed E-state index contributed by atoms with van der Waals surface area (Å²) in [7, 11) is 0. The van der Waals surface area contributed by atoms with Gasteiger partial charge < -0.3 is 16.0 Å². The van der Waals surface area contributed by atoms with Crippen LogP contribution < -0.4 is 11.1 Å². The Balaban J connectivity index is 1.74. The summed E-state index contributed by atoms with van der Waals surface area (Å²) in [6, 6.07) is 17.8. The first kappa shape index (κ1) is 18.2. The topological polar surface area (TPSA) is 116 Å². The number of para-hydroxylation sites is 2. The van der Waals surface area contributed by atoms with Crippen molar-refractivity contribution in [3.05, 3.63) is 71.7 Å². The van der Waals surface area contributed by atoms with Crippen LogP contribution in [0.4, 0.5) is 17.6 Å². The first-order valence-electron chi connectivity index (χ1n) is 9.22. The van der Waals surface area contributed by atoms with E-state index in [2.05, 4.69) is 44.3 Å². The van der Waals surface area contributed by atoms with Crippen LogP contribution in [0.25, 0.3) is 22.6 Å². The zero-order valence-electron chi connectivity index (χ0n) is 15.8. The second-order valence-corrected chi connectivity index (χ2v) is 6.44. The largest absolute Gasteiger partial charge is 0.368 e. The van der Waals surface area contributed by atoms with Crippen LogP contribution in [0, 0.1) is 11.3 Å². The molecule has 2 aromatic heterocycles. The Morgan fingerprint density at radius 2 is 1.97 bits per heavy atom. The van der Waals surface area contributed by atoms with Crippen molar-refractivity contribution in [2.45, 2.75) is 13.3 Å². The minimum atomic E-state index is 0.0433. The SMILES string of the molecule is CCc1cccc2c(/C=C(/C#N)c3nc(N)nc(Nc4ccccc4)n3)c[nH]c12. The number of hydrogen-bond acceptors (Lipinski definition) is 6. The van der Waals surface area contributed by atoms with Gasteiger partial charge in [-0.05, 0) is 30.2 Å². The molecule has 4 N–H and O–H groups in total. The molecule has 2 aromatic carbocycles. The van der Waals surface area contributed by atoms with E-state index >= 15 is 0 Å². The molecule has 142 valence electrons. The molecule has 29 heavy (non-hydrogen) atoms. The van der Waals surface area contributed by atoms with Crippen molar-refractivity contribution in [2.24, 2.45) is 0 Å². The lowest BCUT2D eigenvalue weighted by atomic mass is 10.1. The summed E-state index contributed by atoms with van der Waals surface area (Å²) in [5.74, 6) is 0.549. The van der Waals surface area contributed by atoms with Crippen LogP contribution in [0.5, 0.6) is 0 Å². The molecule has 7 heteroatoms. The molecule has 0 saturated carbocycles. The molecule has 0 amide bonds. The van der Waals surface area contributed by atoms with Crippen molar-refractivity contribution < 1.29 is 0 Å². The van der Waals surface area contributed by atoms with Gasteiger partial charge >= 0.3 is 0 Å². The van der Waals surface area contributed by atoms with E-state index in [0.717, 1.165) is 28.6 Å². The second kappa shape index (κ2) is 7.82. The van der Waals surface area contributed by atoms with Gasteiger partial charge in [-0.25, -0.2) is 0 Å². The highest BCUT2D eigenvalue weighted by molar-refractivity contribution is 5.97. The predicted octanol–water partition coefficient (Wildman–Crippen LogP) is 4.31. The van der Waals surface area contributed by atoms with Crippen molar-refractivity contribution in [3.8, 4) is 6.07 Å². The Hall–Kier alpha value is -4.18. The van der Waals surface area contributed by atoms with Crippen LogP contribution in [0.1, 0.15) is 23.9 Å². The van der Waals surface area contributed by atoms with Gasteiger partial charge in [0.05, 0.1) is 5.57 Å². The van der Waals surface area contributed by atoms with E-state index in [0.29, 0.717) is 5.57 Å². The van der Waals surface area contributed by atoms with E-state index in [-0.39, 0.29) is 17.7 Å². The Morgan fingerprint density at radius 1 is 1.14 bits per heavy atom. The fraction of sp³-hybridized carbons (Fsp3) is 0.0909. The van der Waals surface area contributed by atoms with Gasteiger partial charge in [-0.1, -0.05) is 43.3 Å². The van der Waals surface area contributed by atoms with Crippen LogP contribution in [0.2, 0.25) is 0 Å². The standard InChI is InChI=1S/C22H19N7/c1-2-14-7-6-10-18-16(13-25-19(14)18)11-15(12-23)20-27-21(24)29-22(28-20)26-17-8-4-3-5-9-17/h3-11,13,25H,2H2,1H3,(H3,24,26,27,28,29)/b15-11-. The quantitative estimate of drug-likeness (QED) is 0.444. The summed E-state index contributed by atoms with van der Waals surface area (Å²) in [6.45, 7) is 2.11. The van der Waals surface area contributed by atoms with Gasteiger partial charge in [-0.3, -0.25) is 0 Å². The third-order valence-electron chi connectivity index (χ3n) is 4.56. The van der Waals surface area contributed by atoms with Gasteiger partial charge in [0.15, 0.2) is 5.82 Å². The molecule has 7 nitrogen and oxygen atoms in total. The number of aryl methyl sites for hydroxylation is 1. The van der Waals surface area contributed by atoms with Crippen molar-refractivity contribution in [2.75, 3.05) is 11.1 Å². The first-order chi connectivity index (χ1) is 14.2. The van der Waals surface area contributed by atoms with Crippen LogP contribution in [-0.2, 0) is 6.42 Å². The van der Waals surface area contributed by atoms with E-state index in [9.17, 15) is 5.26 Å². The van der Waals surface area contributed by atoms with E-state index in [4.69, 9.17) is 5.73 Å². The fourth-order valence-corrected chi connectivity index (χ4v) is 3.17. The Bertz CT molecular complexity index is 1230. The number of rotatable bonds is 5.